The quantitative estimate of drug-likeness (QED) is 0.829. The number of hydrogen-bond donors (Lipinski definition) is 2. The first-order valence-electron chi connectivity index (χ1n) is 6.74. The third-order valence-electron chi connectivity index (χ3n) is 3.01. The number of rotatable bonds is 5. The van der Waals surface area contributed by atoms with Crippen molar-refractivity contribution in [2.75, 3.05) is 0 Å². The van der Waals surface area contributed by atoms with Gasteiger partial charge in [0.1, 0.15) is 6.04 Å². The molecule has 1 atom stereocenters. The molecule has 0 spiro atoms. The minimum absolute atomic E-state index is 0.147. The van der Waals surface area contributed by atoms with Gasteiger partial charge in [-0.05, 0) is 42.6 Å². The van der Waals surface area contributed by atoms with Crippen LogP contribution in [0.25, 0.3) is 0 Å². The van der Waals surface area contributed by atoms with Crippen molar-refractivity contribution in [1.82, 2.24) is 10.0 Å². The number of nitriles is 1. The Labute approximate surface area is 143 Å². The molecule has 1 heterocycles. The summed E-state index contributed by atoms with van der Waals surface area (Å²) in [7, 11) is -4.08. The maximum atomic E-state index is 12.1. The Balaban J connectivity index is 2.04. The zero-order valence-corrected chi connectivity index (χ0v) is 14.1. The van der Waals surface area contributed by atoms with Gasteiger partial charge in [0.05, 0.1) is 21.4 Å². The number of hydrogen-bond acceptors (Lipinski definition) is 6. The minimum atomic E-state index is -4.08. The van der Waals surface area contributed by atoms with Crippen LogP contribution in [0.1, 0.15) is 22.2 Å². The van der Waals surface area contributed by atoms with E-state index >= 15 is 0 Å². The number of nitrogens with one attached hydrogen (secondary N) is 2. The monoisotopic (exact) mass is 363 g/mol. The fraction of sp³-hybridized carbons (Fsp3) is 0.133. The van der Waals surface area contributed by atoms with E-state index < -0.39 is 27.9 Å². The second kappa shape index (κ2) is 7.25. The van der Waals surface area contributed by atoms with Crippen LogP contribution >= 0.6 is 11.3 Å². The van der Waals surface area contributed by atoms with E-state index in [4.69, 9.17) is 5.26 Å². The van der Waals surface area contributed by atoms with E-state index in [9.17, 15) is 18.0 Å². The third kappa shape index (κ3) is 4.18. The van der Waals surface area contributed by atoms with Crippen molar-refractivity contribution in [3.8, 4) is 6.07 Å². The van der Waals surface area contributed by atoms with Crippen LogP contribution in [0.2, 0.25) is 0 Å². The first-order chi connectivity index (χ1) is 11.3. The highest BCUT2D eigenvalue weighted by molar-refractivity contribution is 7.90. The predicted octanol–water partition coefficient (Wildman–Crippen LogP) is 1.24. The highest BCUT2D eigenvalue weighted by Gasteiger charge is 2.23. The molecule has 0 bridgehead atoms. The van der Waals surface area contributed by atoms with Crippen LogP contribution < -0.4 is 10.0 Å². The predicted molar refractivity (Wildman–Crippen MR) is 87.7 cm³/mol. The summed E-state index contributed by atoms with van der Waals surface area (Å²) in [6.45, 7) is 1.38. The zero-order chi connectivity index (χ0) is 17.7. The Morgan fingerprint density at radius 1 is 1.21 bits per heavy atom. The Morgan fingerprint density at radius 3 is 2.42 bits per heavy atom. The molecule has 0 saturated heterocycles. The number of amides is 2. The summed E-state index contributed by atoms with van der Waals surface area (Å²) >= 11 is 1.21. The Bertz CT molecular complexity index is 882. The van der Waals surface area contributed by atoms with Crippen LogP contribution in [0.3, 0.4) is 0 Å². The molecule has 1 aromatic heterocycles. The number of thiophene rings is 1. The molecule has 124 valence electrons. The number of sulfonamides is 1. The molecule has 24 heavy (non-hydrogen) atoms. The summed E-state index contributed by atoms with van der Waals surface area (Å²) in [4.78, 5) is 24.1. The lowest BCUT2D eigenvalue weighted by atomic mass is 10.2. The average Bonchev–Trinajstić information content (AvgIpc) is 3.09. The number of nitrogens with zero attached hydrogens (tertiary/aromatic N) is 1. The Hall–Kier alpha value is -2.70. The van der Waals surface area contributed by atoms with Crippen LogP contribution in [0.5, 0.6) is 0 Å². The third-order valence-corrected chi connectivity index (χ3v) is 5.25. The van der Waals surface area contributed by atoms with Crippen molar-refractivity contribution in [2.24, 2.45) is 0 Å². The Kier molecular flexibility index (Phi) is 5.33. The molecule has 0 radical (unpaired) electrons. The zero-order valence-electron chi connectivity index (χ0n) is 12.5. The SMILES string of the molecule is C[C@H](NC(=O)c1cccs1)C(=O)NS(=O)(=O)c1ccc(C#N)cc1. The molecule has 0 aliphatic carbocycles. The van der Waals surface area contributed by atoms with E-state index in [0.29, 0.717) is 10.4 Å². The van der Waals surface area contributed by atoms with Crippen LogP contribution in [-0.2, 0) is 14.8 Å². The van der Waals surface area contributed by atoms with Crippen molar-refractivity contribution in [3.63, 3.8) is 0 Å². The number of carbonyl (C=O) groups is 2. The van der Waals surface area contributed by atoms with E-state index in [1.165, 1.54) is 42.5 Å². The molecule has 2 N–H and O–H groups in total. The molecule has 0 aliphatic heterocycles. The van der Waals surface area contributed by atoms with Gasteiger partial charge in [0.25, 0.3) is 21.8 Å². The minimum Gasteiger partial charge on any atom is -0.340 e. The number of benzene rings is 1. The van der Waals surface area contributed by atoms with E-state index in [1.807, 2.05) is 10.8 Å². The van der Waals surface area contributed by atoms with E-state index in [-0.39, 0.29) is 4.90 Å². The van der Waals surface area contributed by atoms with Crippen molar-refractivity contribution in [1.29, 1.82) is 5.26 Å². The van der Waals surface area contributed by atoms with Gasteiger partial charge < -0.3 is 5.32 Å². The lowest BCUT2D eigenvalue weighted by Crippen LogP contribution is -2.46. The second-order valence-corrected chi connectivity index (χ2v) is 7.41. The molecule has 2 rings (SSSR count). The summed E-state index contributed by atoms with van der Waals surface area (Å²) < 4.78 is 26.2. The van der Waals surface area contributed by atoms with Crippen LogP contribution in [-0.4, -0.2) is 26.3 Å². The van der Waals surface area contributed by atoms with Gasteiger partial charge in [-0.3, -0.25) is 9.59 Å². The van der Waals surface area contributed by atoms with Crippen molar-refractivity contribution < 1.29 is 18.0 Å². The smallest absolute Gasteiger partial charge is 0.264 e. The maximum Gasteiger partial charge on any atom is 0.264 e. The van der Waals surface area contributed by atoms with Gasteiger partial charge >= 0.3 is 0 Å². The van der Waals surface area contributed by atoms with Crippen molar-refractivity contribution >= 4 is 33.2 Å². The molecule has 0 fully saturated rings. The first-order valence-corrected chi connectivity index (χ1v) is 9.11. The summed E-state index contributed by atoms with van der Waals surface area (Å²) in [5.41, 5.74) is 0.303. The molecule has 2 aromatic rings. The van der Waals surface area contributed by atoms with E-state index in [1.54, 1.807) is 17.5 Å². The van der Waals surface area contributed by atoms with E-state index in [0.717, 1.165) is 0 Å². The molecular weight excluding hydrogens is 350 g/mol. The highest BCUT2D eigenvalue weighted by atomic mass is 32.2. The van der Waals surface area contributed by atoms with Gasteiger partial charge in [0, 0.05) is 0 Å². The molecule has 0 saturated carbocycles. The van der Waals surface area contributed by atoms with Gasteiger partial charge in [0.15, 0.2) is 0 Å². The van der Waals surface area contributed by atoms with Crippen LogP contribution in [0.15, 0.2) is 46.7 Å². The number of carbonyl (C=O) groups excluding carboxylic acids is 2. The maximum absolute atomic E-state index is 12.1. The van der Waals surface area contributed by atoms with Crippen molar-refractivity contribution in [2.45, 2.75) is 17.9 Å². The van der Waals surface area contributed by atoms with Gasteiger partial charge in [-0.15, -0.1) is 11.3 Å². The largest absolute Gasteiger partial charge is 0.340 e. The molecule has 1 aromatic carbocycles. The molecule has 0 unspecified atom stereocenters. The average molecular weight is 363 g/mol. The van der Waals surface area contributed by atoms with Gasteiger partial charge in [-0.2, -0.15) is 5.26 Å². The van der Waals surface area contributed by atoms with Gasteiger partial charge in [-0.1, -0.05) is 6.07 Å². The molecule has 9 heteroatoms. The van der Waals surface area contributed by atoms with Gasteiger partial charge in [-0.25, -0.2) is 13.1 Å². The lowest BCUT2D eigenvalue weighted by molar-refractivity contribution is -0.120. The molecule has 7 nitrogen and oxygen atoms in total. The van der Waals surface area contributed by atoms with Crippen LogP contribution in [0, 0.1) is 11.3 Å². The summed E-state index contributed by atoms with van der Waals surface area (Å²) in [6, 6.07) is 9.25. The Morgan fingerprint density at radius 2 is 1.88 bits per heavy atom. The second-order valence-electron chi connectivity index (χ2n) is 4.78. The summed E-state index contributed by atoms with van der Waals surface area (Å²) in [5, 5.41) is 12.8. The van der Waals surface area contributed by atoms with Gasteiger partial charge in [0.2, 0.25) is 0 Å². The summed E-state index contributed by atoms with van der Waals surface area (Å²) in [6.07, 6.45) is 0. The highest BCUT2D eigenvalue weighted by Crippen LogP contribution is 2.11. The normalized spacial score (nSPS) is 12.0. The topological polar surface area (TPSA) is 116 Å². The fourth-order valence-corrected chi connectivity index (χ4v) is 3.41. The lowest BCUT2D eigenvalue weighted by Gasteiger charge is -2.14. The van der Waals surface area contributed by atoms with Crippen LogP contribution in [0.4, 0.5) is 0 Å². The standard InChI is InChI=1S/C15H13N3O4S2/c1-10(17-15(20)13-3-2-8-23-13)14(19)18-24(21,22)12-6-4-11(9-16)5-7-12/h2-8,10H,1H3,(H,17,20)(H,18,19)/t10-/m0/s1. The molecule has 0 aliphatic rings. The first kappa shape index (κ1) is 17.7. The fourth-order valence-electron chi connectivity index (χ4n) is 1.73. The van der Waals surface area contributed by atoms with Crippen molar-refractivity contribution in [3.05, 3.63) is 52.2 Å². The molecule has 2 amide bonds. The van der Waals surface area contributed by atoms with E-state index in [2.05, 4.69) is 5.32 Å². The summed E-state index contributed by atoms with van der Waals surface area (Å²) in [5.74, 6) is -1.31. The molecular formula is C15H13N3O4S2.